The lowest BCUT2D eigenvalue weighted by atomic mass is 9.94. The Hall–Kier alpha value is -3.09. The molecule has 0 aliphatic rings. The maximum absolute atomic E-state index is 10.7. The van der Waals surface area contributed by atoms with Crippen molar-refractivity contribution in [3.63, 3.8) is 0 Å². The average molecular weight is 306 g/mol. The number of carboxylic acids is 1. The van der Waals surface area contributed by atoms with Crippen molar-refractivity contribution in [2.45, 2.75) is 12.8 Å². The summed E-state index contributed by atoms with van der Waals surface area (Å²) in [5.74, 6) is -3.23. The Morgan fingerprint density at radius 1 is 0.818 bits per heavy atom. The highest BCUT2D eigenvalue weighted by atomic mass is 16.4. The normalized spacial score (nSPS) is 10.5. The molecule has 0 saturated heterocycles. The van der Waals surface area contributed by atoms with E-state index in [2.05, 4.69) is 0 Å². The van der Waals surface area contributed by atoms with Crippen molar-refractivity contribution in [1.82, 2.24) is 0 Å². The molecule has 0 heterocycles. The Bertz CT molecular complexity index is 714. The lowest BCUT2D eigenvalue weighted by Crippen LogP contribution is -1.99. The van der Waals surface area contributed by atoms with Crippen LogP contribution in [-0.4, -0.2) is 36.6 Å². The molecule has 7 nitrogen and oxygen atoms in total. The van der Waals surface area contributed by atoms with Gasteiger partial charge in [0.25, 0.3) is 0 Å². The zero-order valence-electron chi connectivity index (χ0n) is 11.3. The molecule has 2 rings (SSSR count). The van der Waals surface area contributed by atoms with Gasteiger partial charge in [-0.25, -0.2) is 0 Å². The second-order valence-corrected chi connectivity index (χ2v) is 4.75. The molecule has 0 atom stereocenters. The molecule has 7 heteroatoms. The zero-order valence-corrected chi connectivity index (χ0v) is 11.3. The summed E-state index contributed by atoms with van der Waals surface area (Å²) in [6.45, 7) is 0. The fourth-order valence-electron chi connectivity index (χ4n) is 2.17. The van der Waals surface area contributed by atoms with E-state index in [-0.39, 0.29) is 29.7 Å². The molecule has 6 N–H and O–H groups in total. The third-order valence-electron chi connectivity index (χ3n) is 3.16. The molecule has 0 bridgehead atoms. The van der Waals surface area contributed by atoms with Crippen LogP contribution in [0.1, 0.15) is 12.0 Å². The molecule has 0 spiro atoms. The molecule has 116 valence electrons. The number of phenols is 5. The molecule has 2 aromatic carbocycles. The van der Waals surface area contributed by atoms with Crippen LogP contribution in [0.4, 0.5) is 0 Å². The summed E-state index contributed by atoms with van der Waals surface area (Å²) in [7, 11) is 0. The van der Waals surface area contributed by atoms with Gasteiger partial charge in [0.1, 0.15) is 17.2 Å². The van der Waals surface area contributed by atoms with Gasteiger partial charge in [0.05, 0.1) is 5.56 Å². The minimum absolute atomic E-state index is 0.0122. The third-order valence-corrected chi connectivity index (χ3v) is 3.16. The summed E-state index contributed by atoms with van der Waals surface area (Å²) in [5.41, 5.74) is 0.397. The van der Waals surface area contributed by atoms with Gasteiger partial charge in [-0.1, -0.05) is 0 Å². The number of benzene rings is 2. The van der Waals surface area contributed by atoms with Crippen molar-refractivity contribution in [2.75, 3.05) is 0 Å². The summed E-state index contributed by atoms with van der Waals surface area (Å²) in [5, 5.41) is 57.1. The van der Waals surface area contributed by atoms with Crippen LogP contribution in [0, 0.1) is 0 Å². The van der Waals surface area contributed by atoms with Crippen LogP contribution in [0.25, 0.3) is 11.1 Å². The number of hydrogen-bond donors (Lipinski definition) is 6. The minimum atomic E-state index is -1.06. The summed E-state index contributed by atoms with van der Waals surface area (Å²) < 4.78 is 0. The van der Waals surface area contributed by atoms with Crippen molar-refractivity contribution in [1.29, 1.82) is 0 Å². The first-order chi connectivity index (χ1) is 10.3. The molecular formula is C15H14O7. The summed E-state index contributed by atoms with van der Waals surface area (Å²) in [6.07, 6.45) is -0.227. The number of aromatic hydroxyl groups is 5. The number of carboxylic acid groups (broad SMARTS) is 1. The fraction of sp³-hybridized carbons (Fsp3) is 0.133. The number of hydrogen-bond acceptors (Lipinski definition) is 6. The van der Waals surface area contributed by atoms with Crippen LogP contribution in [0.3, 0.4) is 0 Å². The number of aliphatic carboxylic acids is 1. The van der Waals surface area contributed by atoms with Crippen molar-refractivity contribution in [3.8, 4) is 39.9 Å². The van der Waals surface area contributed by atoms with E-state index in [9.17, 15) is 30.3 Å². The molecule has 2 aromatic rings. The van der Waals surface area contributed by atoms with Crippen molar-refractivity contribution in [2.24, 2.45) is 0 Å². The Kier molecular flexibility index (Phi) is 3.98. The van der Waals surface area contributed by atoms with E-state index < -0.39 is 29.0 Å². The van der Waals surface area contributed by atoms with Gasteiger partial charge in [0.2, 0.25) is 0 Å². The topological polar surface area (TPSA) is 138 Å². The van der Waals surface area contributed by atoms with Crippen LogP contribution in [0.15, 0.2) is 24.3 Å². The van der Waals surface area contributed by atoms with Crippen LogP contribution < -0.4 is 0 Å². The standard InChI is InChI=1S/C15H14O7/c16-8-4-12(19)15(13(20)5-8)9-6-11(18)10(17)3-7(9)1-2-14(21)22/h3-6,16-20H,1-2H2,(H,21,22). The molecule has 0 amide bonds. The number of aryl methyl sites for hydroxylation is 1. The van der Waals surface area contributed by atoms with E-state index in [1.165, 1.54) is 6.07 Å². The monoisotopic (exact) mass is 306 g/mol. The van der Waals surface area contributed by atoms with Crippen LogP contribution >= 0.6 is 0 Å². The number of rotatable bonds is 4. The van der Waals surface area contributed by atoms with Crippen LogP contribution in [0.2, 0.25) is 0 Å². The average Bonchev–Trinajstić information content (AvgIpc) is 2.39. The van der Waals surface area contributed by atoms with Crippen molar-refractivity contribution >= 4 is 5.97 Å². The lowest BCUT2D eigenvalue weighted by molar-refractivity contribution is -0.136. The lowest BCUT2D eigenvalue weighted by Gasteiger charge is -2.14. The molecule has 0 aliphatic heterocycles. The van der Waals surface area contributed by atoms with Gasteiger partial charge in [-0.2, -0.15) is 0 Å². The van der Waals surface area contributed by atoms with Gasteiger partial charge in [-0.05, 0) is 29.7 Å². The summed E-state index contributed by atoms with van der Waals surface area (Å²) >= 11 is 0. The summed E-state index contributed by atoms with van der Waals surface area (Å²) in [6, 6.07) is 4.28. The van der Waals surface area contributed by atoms with Gasteiger partial charge in [-0.3, -0.25) is 4.79 Å². The second-order valence-electron chi connectivity index (χ2n) is 4.75. The molecular weight excluding hydrogens is 292 g/mol. The molecule has 0 aliphatic carbocycles. The Morgan fingerprint density at radius 3 is 1.91 bits per heavy atom. The summed E-state index contributed by atoms with van der Waals surface area (Å²) in [4.78, 5) is 10.7. The number of phenolic OH excluding ortho intramolecular Hbond substituents is 5. The minimum Gasteiger partial charge on any atom is -0.508 e. The van der Waals surface area contributed by atoms with Gasteiger partial charge in [0, 0.05) is 18.6 Å². The van der Waals surface area contributed by atoms with E-state index in [4.69, 9.17) is 5.11 Å². The zero-order chi connectivity index (χ0) is 16.4. The third kappa shape index (κ3) is 2.98. The molecule has 0 fully saturated rings. The Morgan fingerprint density at radius 2 is 1.36 bits per heavy atom. The first-order valence-electron chi connectivity index (χ1n) is 6.31. The van der Waals surface area contributed by atoms with E-state index in [1.807, 2.05) is 0 Å². The fourth-order valence-corrected chi connectivity index (χ4v) is 2.17. The maximum Gasteiger partial charge on any atom is 0.303 e. The van der Waals surface area contributed by atoms with Crippen molar-refractivity contribution in [3.05, 3.63) is 29.8 Å². The first-order valence-corrected chi connectivity index (χ1v) is 6.31. The van der Waals surface area contributed by atoms with E-state index in [1.54, 1.807) is 0 Å². The van der Waals surface area contributed by atoms with Gasteiger partial charge in [-0.15, -0.1) is 0 Å². The predicted molar refractivity (Wildman–Crippen MR) is 76.2 cm³/mol. The maximum atomic E-state index is 10.7. The van der Waals surface area contributed by atoms with Crippen LogP contribution in [0.5, 0.6) is 28.7 Å². The highest BCUT2D eigenvalue weighted by molar-refractivity contribution is 5.81. The molecule has 0 saturated carbocycles. The largest absolute Gasteiger partial charge is 0.508 e. The highest BCUT2D eigenvalue weighted by Crippen LogP contribution is 2.44. The highest BCUT2D eigenvalue weighted by Gasteiger charge is 2.18. The second kappa shape index (κ2) is 5.72. The SMILES string of the molecule is O=C(O)CCc1cc(O)c(O)cc1-c1c(O)cc(O)cc1O. The molecule has 0 aromatic heterocycles. The van der Waals surface area contributed by atoms with E-state index >= 15 is 0 Å². The smallest absolute Gasteiger partial charge is 0.303 e. The number of carbonyl (C=O) groups is 1. The van der Waals surface area contributed by atoms with Crippen molar-refractivity contribution < 1.29 is 35.4 Å². The first kappa shape index (κ1) is 15.3. The van der Waals surface area contributed by atoms with Gasteiger partial charge < -0.3 is 30.6 Å². The molecule has 0 radical (unpaired) electrons. The van der Waals surface area contributed by atoms with Gasteiger partial charge >= 0.3 is 5.97 Å². The van der Waals surface area contributed by atoms with Crippen LogP contribution in [-0.2, 0) is 11.2 Å². The quantitative estimate of drug-likeness (QED) is 0.474. The van der Waals surface area contributed by atoms with E-state index in [0.29, 0.717) is 5.56 Å². The van der Waals surface area contributed by atoms with Gasteiger partial charge in [0.15, 0.2) is 11.5 Å². The Labute approximate surface area is 125 Å². The Balaban J connectivity index is 2.63. The molecule has 0 unspecified atom stereocenters. The van der Waals surface area contributed by atoms with E-state index in [0.717, 1.165) is 18.2 Å². The molecule has 22 heavy (non-hydrogen) atoms. The predicted octanol–water partition coefficient (Wildman–Crippen LogP) is 1.90.